The number of H-pyrrole nitrogens is 1. The largest absolute Gasteiger partial charge is 0.493 e. The van der Waals surface area contributed by atoms with Crippen LogP contribution in [0.15, 0.2) is 24.5 Å². The third-order valence-corrected chi connectivity index (χ3v) is 6.95. The van der Waals surface area contributed by atoms with Crippen molar-refractivity contribution in [1.82, 2.24) is 25.2 Å². The second kappa shape index (κ2) is 9.88. The van der Waals surface area contributed by atoms with Crippen LogP contribution in [0, 0.1) is 12.8 Å². The minimum atomic E-state index is -4.58. The number of ether oxygens (including phenoxy) is 1. The summed E-state index contributed by atoms with van der Waals surface area (Å²) >= 11 is 0. The number of carbonyl (C=O) groups excluding carboxylic acids is 2. The van der Waals surface area contributed by atoms with Crippen molar-refractivity contribution in [2.24, 2.45) is 5.92 Å². The van der Waals surface area contributed by atoms with Crippen molar-refractivity contribution in [3.05, 3.63) is 41.3 Å². The Hall–Kier alpha value is -3.70. The number of carbonyl (C=O) groups is 2. The maximum Gasteiger partial charge on any atom is 0.416 e. The zero-order valence-corrected chi connectivity index (χ0v) is 20.9. The number of aromatic nitrogens is 3. The van der Waals surface area contributed by atoms with Gasteiger partial charge in [-0.1, -0.05) is 6.92 Å². The van der Waals surface area contributed by atoms with Gasteiger partial charge in [-0.3, -0.25) is 9.59 Å². The Labute approximate surface area is 215 Å². The first-order chi connectivity index (χ1) is 18.1. The first-order valence-electron chi connectivity index (χ1n) is 12.5. The number of nitrogens with zero attached hydrogens (tertiary/aromatic N) is 3. The minimum absolute atomic E-state index is 0.0488. The van der Waals surface area contributed by atoms with Gasteiger partial charge in [0.2, 0.25) is 5.91 Å². The molecule has 1 saturated heterocycles. The number of amides is 2. The van der Waals surface area contributed by atoms with E-state index in [1.54, 1.807) is 13.8 Å². The lowest BCUT2D eigenvalue weighted by Gasteiger charge is -2.16. The third kappa shape index (κ3) is 5.03. The Balaban J connectivity index is 1.50. The first-order valence-corrected chi connectivity index (χ1v) is 12.5. The highest BCUT2D eigenvalue weighted by Crippen LogP contribution is 2.40. The van der Waals surface area contributed by atoms with Crippen LogP contribution in [-0.2, 0) is 11.0 Å². The van der Waals surface area contributed by atoms with Gasteiger partial charge in [0.1, 0.15) is 29.5 Å². The summed E-state index contributed by atoms with van der Waals surface area (Å²) in [4.78, 5) is 38.1. The van der Waals surface area contributed by atoms with Crippen molar-refractivity contribution in [2.45, 2.75) is 51.5 Å². The molecule has 2 aliphatic rings. The molecule has 1 aliphatic carbocycles. The molecule has 2 atom stereocenters. The molecule has 1 aliphatic heterocycles. The summed E-state index contributed by atoms with van der Waals surface area (Å²) in [6.07, 6.45) is -2.59. The highest BCUT2D eigenvalue weighted by molar-refractivity contribution is 6.09. The van der Waals surface area contributed by atoms with Gasteiger partial charge in [-0.25, -0.2) is 14.4 Å². The maximum atomic E-state index is 14.6. The van der Waals surface area contributed by atoms with Gasteiger partial charge in [0, 0.05) is 24.2 Å². The maximum absolute atomic E-state index is 14.6. The second-order valence-electron chi connectivity index (χ2n) is 9.78. The second-order valence-corrected chi connectivity index (χ2v) is 9.78. The molecule has 1 aromatic carbocycles. The SMILES string of the molecule is CCC(=O)N1C[C@@H](F)[C@@H](NC(=O)c2c(C)[nH]c3c(-c4cc(C(F)(F)F)ccc4OCC4CC4)ncnc23)C1. The predicted octanol–water partition coefficient (Wildman–Crippen LogP) is 4.43. The van der Waals surface area contributed by atoms with Crippen molar-refractivity contribution in [1.29, 1.82) is 0 Å². The Bertz CT molecular complexity index is 1390. The molecule has 0 bridgehead atoms. The van der Waals surface area contributed by atoms with Gasteiger partial charge in [0.05, 0.1) is 35.8 Å². The van der Waals surface area contributed by atoms with E-state index in [2.05, 4.69) is 20.3 Å². The molecule has 8 nitrogen and oxygen atoms in total. The Kier molecular flexibility index (Phi) is 6.74. The van der Waals surface area contributed by atoms with Crippen LogP contribution in [0.1, 0.15) is 47.8 Å². The number of hydrogen-bond acceptors (Lipinski definition) is 5. The van der Waals surface area contributed by atoms with E-state index in [-0.39, 0.29) is 59.0 Å². The molecule has 3 aromatic rings. The van der Waals surface area contributed by atoms with Gasteiger partial charge in [0.15, 0.2) is 0 Å². The summed E-state index contributed by atoms with van der Waals surface area (Å²) < 4.78 is 61.2. The number of rotatable bonds is 7. The third-order valence-electron chi connectivity index (χ3n) is 6.95. The molecule has 5 rings (SSSR count). The van der Waals surface area contributed by atoms with Crippen LogP contribution in [0.25, 0.3) is 22.3 Å². The van der Waals surface area contributed by atoms with Crippen molar-refractivity contribution < 1.29 is 31.9 Å². The molecule has 3 heterocycles. The molecule has 0 unspecified atom stereocenters. The number of alkyl halides is 4. The van der Waals surface area contributed by atoms with E-state index >= 15 is 0 Å². The van der Waals surface area contributed by atoms with Crippen LogP contribution >= 0.6 is 0 Å². The number of halogens is 4. The number of likely N-dealkylation sites (tertiary alicyclic amines) is 1. The minimum Gasteiger partial charge on any atom is -0.493 e. The number of aryl methyl sites for hydroxylation is 1. The lowest BCUT2D eigenvalue weighted by atomic mass is 10.0. The lowest BCUT2D eigenvalue weighted by molar-refractivity contribution is -0.137. The number of hydrogen-bond donors (Lipinski definition) is 2. The standard InChI is InChI=1S/C26H27F4N5O3/c1-3-20(36)35-9-17(27)18(10-35)34-25(37)21-13(2)33-24-22(31-12-32-23(21)24)16-8-15(26(28,29)30)6-7-19(16)38-11-14-4-5-14/h6-8,12,14,17-18,33H,3-5,9-11H2,1-2H3,(H,34,37)/t17-,18+/m1/s1. The Morgan fingerprint density at radius 2 is 1.97 bits per heavy atom. The normalized spacial score (nSPS) is 19.7. The zero-order valence-electron chi connectivity index (χ0n) is 20.9. The van der Waals surface area contributed by atoms with E-state index in [0.717, 1.165) is 25.0 Å². The molecule has 2 aromatic heterocycles. The topological polar surface area (TPSA) is 100 Å². The molecule has 0 spiro atoms. The Morgan fingerprint density at radius 3 is 2.66 bits per heavy atom. The van der Waals surface area contributed by atoms with Gasteiger partial charge >= 0.3 is 6.18 Å². The predicted molar refractivity (Wildman–Crippen MR) is 130 cm³/mol. The van der Waals surface area contributed by atoms with Gasteiger partial charge in [-0.05, 0) is 43.9 Å². The van der Waals surface area contributed by atoms with Gasteiger partial charge < -0.3 is 19.9 Å². The summed E-state index contributed by atoms with van der Waals surface area (Å²) in [7, 11) is 0. The van der Waals surface area contributed by atoms with Crippen LogP contribution in [0.4, 0.5) is 17.6 Å². The van der Waals surface area contributed by atoms with E-state index in [1.165, 1.54) is 17.3 Å². The average molecular weight is 534 g/mol. The van der Waals surface area contributed by atoms with Crippen molar-refractivity contribution in [3.8, 4) is 17.0 Å². The molecule has 0 radical (unpaired) electrons. The average Bonchev–Trinajstić information content (AvgIpc) is 3.55. The van der Waals surface area contributed by atoms with Crippen LogP contribution in [0.2, 0.25) is 0 Å². The number of fused-ring (bicyclic) bond motifs is 1. The van der Waals surface area contributed by atoms with E-state index in [9.17, 15) is 27.2 Å². The first kappa shape index (κ1) is 25.9. The fraction of sp³-hybridized carbons (Fsp3) is 0.462. The summed E-state index contributed by atoms with van der Waals surface area (Å²) in [6, 6.07) is 2.33. The smallest absolute Gasteiger partial charge is 0.416 e. The molecule has 12 heteroatoms. The van der Waals surface area contributed by atoms with Crippen LogP contribution in [-0.4, -0.2) is 63.6 Å². The van der Waals surface area contributed by atoms with E-state index < -0.39 is 29.9 Å². The van der Waals surface area contributed by atoms with Crippen molar-refractivity contribution in [3.63, 3.8) is 0 Å². The molecule has 2 N–H and O–H groups in total. The quantitative estimate of drug-likeness (QED) is 0.438. The summed E-state index contributed by atoms with van der Waals surface area (Å²) in [5.74, 6) is -0.191. The highest BCUT2D eigenvalue weighted by Gasteiger charge is 2.37. The molecule has 1 saturated carbocycles. The van der Waals surface area contributed by atoms with Crippen molar-refractivity contribution in [2.75, 3.05) is 19.7 Å². The number of nitrogens with one attached hydrogen (secondary N) is 2. The van der Waals surface area contributed by atoms with Crippen molar-refractivity contribution >= 4 is 22.8 Å². The number of aromatic amines is 1. The summed E-state index contributed by atoms with van der Waals surface area (Å²) in [5.41, 5.74) is 0.375. The van der Waals surface area contributed by atoms with Crippen LogP contribution in [0.5, 0.6) is 5.75 Å². The number of benzene rings is 1. The summed E-state index contributed by atoms with van der Waals surface area (Å²) in [5, 5.41) is 2.65. The zero-order chi connectivity index (χ0) is 27.2. The summed E-state index contributed by atoms with van der Waals surface area (Å²) in [6.45, 7) is 3.63. The van der Waals surface area contributed by atoms with E-state index in [4.69, 9.17) is 4.74 Å². The van der Waals surface area contributed by atoms with Crippen LogP contribution < -0.4 is 10.1 Å². The van der Waals surface area contributed by atoms with Gasteiger partial charge in [-0.15, -0.1) is 0 Å². The monoisotopic (exact) mass is 533 g/mol. The highest BCUT2D eigenvalue weighted by atomic mass is 19.4. The fourth-order valence-electron chi connectivity index (χ4n) is 4.68. The fourth-order valence-corrected chi connectivity index (χ4v) is 4.68. The van der Waals surface area contributed by atoms with E-state index in [0.29, 0.717) is 18.2 Å². The lowest BCUT2D eigenvalue weighted by Crippen LogP contribution is -2.42. The molecule has 2 fully saturated rings. The van der Waals surface area contributed by atoms with Gasteiger partial charge in [0.25, 0.3) is 5.91 Å². The van der Waals surface area contributed by atoms with Crippen LogP contribution in [0.3, 0.4) is 0 Å². The molecular formula is C26H27F4N5O3. The molecule has 38 heavy (non-hydrogen) atoms. The van der Waals surface area contributed by atoms with E-state index in [1.807, 2.05) is 0 Å². The molecule has 202 valence electrons. The Morgan fingerprint density at radius 1 is 1.21 bits per heavy atom. The van der Waals surface area contributed by atoms with Gasteiger partial charge in [-0.2, -0.15) is 13.2 Å². The molecular weight excluding hydrogens is 506 g/mol. The molecule has 2 amide bonds.